The quantitative estimate of drug-likeness (QED) is 0.854. The molecule has 136 valence electrons. The fraction of sp³-hybridized carbons (Fsp3) is 0.667. The number of benzene rings is 1. The van der Waals surface area contributed by atoms with Gasteiger partial charge < -0.3 is 15.8 Å². The zero-order chi connectivity index (χ0) is 17.2. The van der Waals surface area contributed by atoms with E-state index in [4.69, 9.17) is 10.5 Å². The molecule has 25 heavy (non-hydrogen) atoms. The van der Waals surface area contributed by atoms with Crippen LogP contribution in [0.5, 0.6) is 0 Å². The van der Waals surface area contributed by atoms with Crippen molar-refractivity contribution in [1.29, 1.82) is 0 Å². The molecule has 4 heteroatoms. The number of carbonyl (C=O) groups excluding carboxylic acids is 1. The minimum Gasteiger partial charge on any atom is -0.374 e. The molecular formula is C21H30N2O2. The minimum absolute atomic E-state index is 0.0131. The first-order chi connectivity index (χ1) is 12.2. The van der Waals surface area contributed by atoms with E-state index in [1.54, 1.807) is 0 Å². The Hall–Kier alpha value is -1.39. The Morgan fingerprint density at radius 3 is 2.68 bits per heavy atom. The largest absolute Gasteiger partial charge is 0.374 e. The number of hydrogen-bond acceptors (Lipinski definition) is 3. The number of nitrogens with two attached hydrogens (primary N) is 1. The average molecular weight is 342 g/mol. The van der Waals surface area contributed by atoms with E-state index in [9.17, 15) is 4.79 Å². The van der Waals surface area contributed by atoms with Crippen molar-refractivity contribution in [1.82, 2.24) is 0 Å². The van der Waals surface area contributed by atoms with Crippen LogP contribution in [0.2, 0.25) is 0 Å². The first-order valence-electron chi connectivity index (χ1n) is 9.97. The van der Waals surface area contributed by atoms with Gasteiger partial charge in [-0.1, -0.05) is 31.4 Å². The summed E-state index contributed by atoms with van der Waals surface area (Å²) in [5.74, 6) is 1.12. The molecule has 4 nitrogen and oxygen atoms in total. The second-order valence-corrected chi connectivity index (χ2v) is 8.20. The van der Waals surface area contributed by atoms with E-state index in [1.165, 1.54) is 38.5 Å². The zero-order valence-corrected chi connectivity index (χ0v) is 15.0. The number of carbonyl (C=O) groups is 1. The molecule has 1 aromatic rings. The zero-order valence-electron chi connectivity index (χ0n) is 15.0. The number of ether oxygens (including phenoxy) is 1. The van der Waals surface area contributed by atoms with E-state index in [-0.39, 0.29) is 17.9 Å². The summed E-state index contributed by atoms with van der Waals surface area (Å²) in [6.45, 7) is 0.627. The van der Waals surface area contributed by atoms with Crippen LogP contribution in [0.4, 0.5) is 5.69 Å². The van der Waals surface area contributed by atoms with Crippen LogP contribution in [0.1, 0.15) is 56.9 Å². The maximum atomic E-state index is 12.7. The lowest BCUT2D eigenvalue weighted by Crippen LogP contribution is -2.42. The second kappa shape index (κ2) is 7.46. The Kier molecular flexibility index (Phi) is 5.09. The van der Waals surface area contributed by atoms with Crippen molar-refractivity contribution in [2.75, 3.05) is 5.32 Å². The molecule has 3 aliphatic carbocycles. The van der Waals surface area contributed by atoms with E-state index in [2.05, 4.69) is 11.4 Å². The molecule has 4 atom stereocenters. The van der Waals surface area contributed by atoms with Gasteiger partial charge in [0.15, 0.2) is 0 Å². The van der Waals surface area contributed by atoms with Crippen molar-refractivity contribution < 1.29 is 9.53 Å². The minimum atomic E-state index is -0.0131. The number of rotatable bonds is 5. The summed E-state index contributed by atoms with van der Waals surface area (Å²) in [5, 5.41) is 3.10. The monoisotopic (exact) mass is 342 g/mol. The van der Waals surface area contributed by atoms with Gasteiger partial charge in [-0.15, -0.1) is 0 Å². The van der Waals surface area contributed by atoms with Crippen molar-refractivity contribution in [2.45, 2.75) is 70.1 Å². The molecule has 4 unspecified atom stereocenters. The molecule has 0 aromatic heterocycles. The molecule has 0 saturated heterocycles. The topological polar surface area (TPSA) is 64.4 Å². The molecule has 0 heterocycles. The van der Waals surface area contributed by atoms with Crippen LogP contribution in [0.25, 0.3) is 0 Å². The highest BCUT2D eigenvalue weighted by Crippen LogP contribution is 2.47. The highest BCUT2D eigenvalue weighted by molar-refractivity contribution is 5.93. The van der Waals surface area contributed by atoms with Gasteiger partial charge in [0.2, 0.25) is 5.91 Å². The molecule has 3 N–H and O–H groups in total. The molecule has 2 bridgehead atoms. The molecular weight excluding hydrogens is 312 g/mol. The van der Waals surface area contributed by atoms with Gasteiger partial charge in [0.05, 0.1) is 18.6 Å². The van der Waals surface area contributed by atoms with Gasteiger partial charge in [-0.2, -0.15) is 0 Å². The van der Waals surface area contributed by atoms with Crippen molar-refractivity contribution in [3.8, 4) is 0 Å². The van der Waals surface area contributed by atoms with Gasteiger partial charge >= 0.3 is 0 Å². The predicted octanol–water partition coefficient (Wildman–Crippen LogP) is 3.85. The Bertz CT molecular complexity index is 610. The molecule has 1 aromatic carbocycles. The highest BCUT2D eigenvalue weighted by Gasteiger charge is 2.49. The lowest BCUT2D eigenvalue weighted by atomic mass is 9.84. The summed E-state index contributed by atoms with van der Waals surface area (Å²) in [6, 6.07) is 8.11. The normalized spacial score (nSPS) is 32.0. The van der Waals surface area contributed by atoms with Crippen molar-refractivity contribution in [2.24, 2.45) is 23.5 Å². The van der Waals surface area contributed by atoms with Crippen LogP contribution >= 0.6 is 0 Å². The summed E-state index contributed by atoms with van der Waals surface area (Å²) in [6.07, 6.45) is 10.2. The fourth-order valence-corrected chi connectivity index (χ4v) is 5.14. The molecule has 3 aliphatic rings. The second-order valence-electron chi connectivity index (χ2n) is 8.20. The predicted molar refractivity (Wildman–Crippen MR) is 99.0 cm³/mol. The lowest BCUT2D eigenvalue weighted by Gasteiger charge is -2.27. The third kappa shape index (κ3) is 3.75. The van der Waals surface area contributed by atoms with E-state index in [0.717, 1.165) is 24.1 Å². The van der Waals surface area contributed by atoms with E-state index in [1.807, 2.05) is 18.2 Å². The number of amides is 1. The SMILES string of the molecule is NC1C2CCC(C2)C1C(=O)Nc1cccc(COC2CCCCC2)c1. The van der Waals surface area contributed by atoms with Gasteiger partial charge in [-0.05, 0) is 61.6 Å². The van der Waals surface area contributed by atoms with E-state index < -0.39 is 0 Å². The molecule has 1 amide bonds. The Morgan fingerprint density at radius 2 is 1.92 bits per heavy atom. The summed E-state index contributed by atoms with van der Waals surface area (Å²) < 4.78 is 6.05. The summed E-state index contributed by atoms with van der Waals surface area (Å²) in [5.41, 5.74) is 8.29. The smallest absolute Gasteiger partial charge is 0.229 e. The Morgan fingerprint density at radius 1 is 1.12 bits per heavy atom. The van der Waals surface area contributed by atoms with Gasteiger partial charge in [-0.3, -0.25) is 4.79 Å². The van der Waals surface area contributed by atoms with Gasteiger partial charge in [0.25, 0.3) is 0 Å². The van der Waals surface area contributed by atoms with Crippen molar-refractivity contribution in [3.05, 3.63) is 29.8 Å². The van der Waals surface area contributed by atoms with Crippen LogP contribution < -0.4 is 11.1 Å². The highest BCUT2D eigenvalue weighted by atomic mass is 16.5. The van der Waals surface area contributed by atoms with Gasteiger partial charge in [0.1, 0.15) is 0 Å². The Balaban J connectivity index is 1.34. The van der Waals surface area contributed by atoms with Crippen molar-refractivity contribution >= 4 is 11.6 Å². The third-order valence-corrected chi connectivity index (χ3v) is 6.52. The average Bonchev–Trinajstić information content (AvgIpc) is 3.22. The molecule has 4 rings (SSSR count). The van der Waals surface area contributed by atoms with Crippen molar-refractivity contribution in [3.63, 3.8) is 0 Å². The van der Waals surface area contributed by atoms with Crippen LogP contribution in [-0.4, -0.2) is 18.1 Å². The maximum absolute atomic E-state index is 12.7. The van der Waals surface area contributed by atoms with Crippen LogP contribution in [-0.2, 0) is 16.1 Å². The molecule has 0 aliphatic heterocycles. The number of hydrogen-bond donors (Lipinski definition) is 2. The van der Waals surface area contributed by atoms with Gasteiger partial charge in [-0.25, -0.2) is 0 Å². The van der Waals surface area contributed by atoms with Crippen LogP contribution in [0.15, 0.2) is 24.3 Å². The first-order valence-corrected chi connectivity index (χ1v) is 9.97. The van der Waals surface area contributed by atoms with E-state index >= 15 is 0 Å². The molecule has 3 fully saturated rings. The molecule has 3 saturated carbocycles. The Labute approximate surface area is 150 Å². The van der Waals surface area contributed by atoms with E-state index in [0.29, 0.717) is 24.5 Å². The number of nitrogens with one attached hydrogen (secondary N) is 1. The summed E-state index contributed by atoms with van der Waals surface area (Å²) >= 11 is 0. The summed E-state index contributed by atoms with van der Waals surface area (Å²) in [4.78, 5) is 12.7. The molecule has 0 radical (unpaired) electrons. The summed E-state index contributed by atoms with van der Waals surface area (Å²) in [7, 11) is 0. The number of fused-ring (bicyclic) bond motifs is 2. The maximum Gasteiger partial charge on any atom is 0.229 e. The lowest BCUT2D eigenvalue weighted by molar-refractivity contribution is -0.121. The third-order valence-electron chi connectivity index (χ3n) is 6.52. The van der Waals surface area contributed by atoms with Gasteiger partial charge in [0, 0.05) is 11.7 Å². The first kappa shape index (κ1) is 17.0. The van der Waals surface area contributed by atoms with Crippen LogP contribution in [0.3, 0.4) is 0 Å². The molecule has 0 spiro atoms. The fourth-order valence-electron chi connectivity index (χ4n) is 5.14. The standard InChI is InChI=1S/C21H30N2O2/c22-20-16-10-9-15(12-16)19(20)21(24)23-17-6-4-5-14(11-17)13-25-18-7-2-1-3-8-18/h4-6,11,15-16,18-20H,1-3,7-10,12-13,22H2,(H,23,24). The number of anilines is 1. The van der Waals surface area contributed by atoms with Crippen LogP contribution in [0, 0.1) is 17.8 Å².